The van der Waals surface area contributed by atoms with Crippen molar-refractivity contribution in [2.45, 2.75) is 26.3 Å². The van der Waals surface area contributed by atoms with Crippen LogP contribution in [0.2, 0.25) is 0 Å². The lowest BCUT2D eigenvalue weighted by atomic mass is 9.93. The quantitative estimate of drug-likeness (QED) is 0.914. The van der Waals surface area contributed by atoms with Crippen LogP contribution >= 0.6 is 0 Å². The van der Waals surface area contributed by atoms with Gasteiger partial charge in [0.05, 0.1) is 12.9 Å². The molecule has 0 fully saturated rings. The molecular formula is C15H19F2N3. The summed E-state index contributed by atoms with van der Waals surface area (Å²) in [7, 11) is 0. The molecule has 5 heteroatoms. The largest absolute Gasteiger partial charge is 0.330 e. The van der Waals surface area contributed by atoms with E-state index in [2.05, 4.69) is 18.8 Å². The topological polar surface area (TPSA) is 43.8 Å². The van der Waals surface area contributed by atoms with Gasteiger partial charge in [0.1, 0.15) is 11.6 Å². The summed E-state index contributed by atoms with van der Waals surface area (Å²) in [5, 5.41) is 0. The van der Waals surface area contributed by atoms with Crippen molar-refractivity contribution in [2.24, 2.45) is 11.7 Å². The second-order valence-corrected chi connectivity index (χ2v) is 5.27. The van der Waals surface area contributed by atoms with Crippen LogP contribution in [0.5, 0.6) is 0 Å². The summed E-state index contributed by atoms with van der Waals surface area (Å²) in [6.07, 6.45) is 3.37. The van der Waals surface area contributed by atoms with Gasteiger partial charge in [0, 0.05) is 29.9 Å². The molecule has 0 aliphatic carbocycles. The van der Waals surface area contributed by atoms with Gasteiger partial charge in [-0.3, -0.25) is 0 Å². The molecule has 1 aromatic heterocycles. The minimum absolute atomic E-state index is 0.147. The predicted molar refractivity (Wildman–Crippen MR) is 74.3 cm³/mol. The number of benzene rings is 1. The van der Waals surface area contributed by atoms with Crippen molar-refractivity contribution in [1.29, 1.82) is 0 Å². The maximum Gasteiger partial charge on any atom is 0.128 e. The van der Waals surface area contributed by atoms with Crippen LogP contribution in [-0.2, 0) is 6.54 Å². The van der Waals surface area contributed by atoms with Crippen molar-refractivity contribution in [3.63, 3.8) is 0 Å². The number of nitrogens with zero attached hydrogens (tertiary/aromatic N) is 2. The van der Waals surface area contributed by atoms with E-state index in [0.29, 0.717) is 18.0 Å². The summed E-state index contributed by atoms with van der Waals surface area (Å²) >= 11 is 0. The average Bonchev–Trinajstić information content (AvgIpc) is 2.83. The highest BCUT2D eigenvalue weighted by Crippen LogP contribution is 2.24. The second kappa shape index (κ2) is 6.13. The van der Waals surface area contributed by atoms with E-state index in [9.17, 15) is 8.78 Å². The van der Waals surface area contributed by atoms with Gasteiger partial charge in [0.25, 0.3) is 0 Å². The molecule has 0 aliphatic heterocycles. The Morgan fingerprint density at radius 3 is 2.70 bits per heavy atom. The molecule has 0 bridgehead atoms. The number of nitrogens with two attached hydrogens (primary N) is 1. The van der Waals surface area contributed by atoms with Gasteiger partial charge < -0.3 is 10.3 Å². The third kappa shape index (κ3) is 3.04. The molecule has 0 amide bonds. The molecule has 108 valence electrons. The Morgan fingerprint density at radius 1 is 1.30 bits per heavy atom. The van der Waals surface area contributed by atoms with Crippen molar-refractivity contribution in [3.8, 4) is 0 Å². The molecule has 1 unspecified atom stereocenters. The first-order valence-corrected chi connectivity index (χ1v) is 6.67. The summed E-state index contributed by atoms with van der Waals surface area (Å²) in [6.45, 7) is 4.91. The minimum atomic E-state index is -0.442. The number of imidazole rings is 1. The van der Waals surface area contributed by atoms with E-state index in [1.165, 1.54) is 6.07 Å². The molecule has 20 heavy (non-hydrogen) atoms. The zero-order valence-electron chi connectivity index (χ0n) is 11.7. The van der Waals surface area contributed by atoms with Crippen molar-refractivity contribution >= 4 is 0 Å². The fraction of sp³-hybridized carbons (Fsp3) is 0.400. The normalized spacial score (nSPS) is 12.9. The molecule has 0 spiro atoms. The van der Waals surface area contributed by atoms with Crippen molar-refractivity contribution < 1.29 is 8.78 Å². The van der Waals surface area contributed by atoms with E-state index in [0.717, 1.165) is 17.8 Å². The molecule has 0 radical (unpaired) electrons. The first kappa shape index (κ1) is 14.7. The van der Waals surface area contributed by atoms with Crippen LogP contribution in [-0.4, -0.2) is 16.1 Å². The predicted octanol–water partition coefficient (Wildman–Crippen LogP) is 2.91. The Kier molecular flexibility index (Phi) is 4.49. The molecular weight excluding hydrogens is 260 g/mol. The second-order valence-electron chi connectivity index (χ2n) is 5.27. The molecule has 2 aromatic rings. The van der Waals surface area contributed by atoms with Crippen molar-refractivity contribution in [1.82, 2.24) is 9.55 Å². The van der Waals surface area contributed by atoms with Crippen LogP contribution in [0, 0.1) is 17.6 Å². The highest BCUT2D eigenvalue weighted by Gasteiger charge is 2.18. The lowest BCUT2D eigenvalue weighted by Gasteiger charge is -2.20. The van der Waals surface area contributed by atoms with Crippen LogP contribution < -0.4 is 5.73 Å². The van der Waals surface area contributed by atoms with Gasteiger partial charge in [0.15, 0.2) is 0 Å². The monoisotopic (exact) mass is 279 g/mol. The summed E-state index contributed by atoms with van der Waals surface area (Å²) < 4.78 is 28.8. The maximum atomic E-state index is 13.7. The lowest BCUT2D eigenvalue weighted by Crippen LogP contribution is -2.21. The standard InChI is InChI=1S/C15H19F2N3/c1-10(2)13(6-18)15-7-19-9-20(15)8-11-5-12(16)3-4-14(11)17/h3-5,7,9-10,13H,6,8,18H2,1-2H3. The molecule has 2 N–H and O–H groups in total. The van der Waals surface area contributed by atoms with E-state index in [4.69, 9.17) is 5.73 Å². The van der Waals surface area contributed by atoms with Gasteiger partial charge in [-0.2, -0.15) is 0 Å². The number of aromatic nitrogens is 2. The summed E-state index contributed by atoms with van der Waals surface area (Å²) in [4.78, 5) is 4.11. The zero-order chi connectivity index (χ0) is 14.7. The fourth-order valence-electron chi connectivity index (χ4n) is 2.35. The van der Waals surface area contributed by atoms with Gasteiger partial charge in [-0.25, -0.2) is 13.8 Å². The Hall–Kier alpha value is -1.75. The third-order valence-electron chi connectivity index (χ3n) is 3.53. The van der Waals surface area contributed by atoms with Crippen LogP contribution in [0.1, 0.15) is 31.0 Å². The first-order chi connectivity index (χ1) is 9.52. The third-order valence-corrected chi connectivity index (χ3v) is 3.53. The average molecular weight is 279 g/mol. The summed E-state index contributed by atoms with van der Waals surface area (Å²) in [5.41, 5.74) is 7.07. The van der Waals surface area contributed by atoms with E-state index in [1.807, 2.05) is 4.57 Å². The highest BCUT2D eigenvalue weighted by atomic mass is 19.1. The van der Waals surface area contributed by atoms with E-state index >= 15 is 0 Å². The van der Waals surface area contributed by atoms with Crippen LogP contribution in [0.25, 0.3) is 0 Å². The van der Waals surface area contributed by atoms with Gasteiger partial charge in [-0.1, -0.05) is 13.8 Å². The maximum absolute atomic E-state index is 13.7. The molecule has 1 heterocycles. The van der Waals surface area contributed by atoms with Crippen molar-refractivity contribution in [3.05, 3.63) is 53.6 Å². The van der Waals surface area contributed by atoms with E-state index < -0.39 is 11.6 Å². The van der Waals surface area contributed by atoms with Crippen LogP contribution in [0.15, 0.2) is 30.7 Å². The van der Waals surface area contributed by atoms with Gasteiger partial charge in [-0.15, -0.1) is 0 Å². The smallest absolute Gasteiger partial charge is 0.128 e. The molecule has 0 saturated carbocycles. The number of halogens is 2. The highest BCUT2D eigenvalue weighted by molar-refractivity contribution is 5.20. The van der Waals surface area contributed by atoms with Crippen LogP contribution in [0.4, 0.5) is 8.78 Å². The van der Waals surface area contributed by atoms with Crippen LogP contribution in [0.3, 0.4) is 0 Å². The van der Waals surface area contributed by atoms with Gasteiger partial charge in [0.2, 0.25) is 0 Å². The molecule has 1 aromatic carbocycles. The van der Waals surface area contributed by atoms with E-state index in [1.54, 1.807) is 12.5 Å². The Labute approximate surface area is 117 Å². The Morgan fingerprint density at radius 2 is 2.05 bits per heavy atom. The molecule has 3 nitrogen and oxygen atoms in total. The zero-order valence-corrected chi connectivity index (χ0v) is 11.7. The number of hydrogen-bond acceptors (Lipinski definition) is 2. The molecule has 0 aliphatic rings. The molecule has 0 saturated heterocycles. The first-order valence-electron chi connectivity index (χ1n) is 6.67. The Balaban J connectivity index is 2.31. The number of hydrogen-bond donors (Lipinski definition) is 1. The summed E-state index contributed by atoms with van der Waals surface area (Å²) in [6, 6.07) is 3.47. The van der Waals surface area contributed by atoms with Crippen molar-refractivity contribution in [2.75, 3.05) is 6.54 Å². The lowest BCUT2D eigenvalue weighted by molar-refractivity contribution is 0.475. The fourth-order valence-corrected chi connectivity index (χ4v) is 2.35. The van der Waals surface area contributed by atoms with Gasteiger partial charge in [-0.05, 0) is 24.1 Å². The number of rotatable bonds is 5. The minimum Gasteiger partial charge on any atom is -0.330 e. The van der Waals surface area contributed by atoms with E-state index in [-0.39, 0.29) is 12.5 Å². The molecule has 2 rings (SSSR count). The van der Waals surface area contributed by atoms with Gasteiger partial charge >= 0.3 is 0 Å². The molecule has 1 atom stereocenters. The Bertz CT molecular complexity index is 578. The SMILES string of the molecule is CC(C)C(CN)c1cncn1Cc1cc(F)ccc1F. The summed E-state index contributed by atoms with van der Waals surface area (Å²) in [5.74, 6) is -0.357.